The minimum absolute atomic E-state index is 0.0154. The number of ketones is 1. The van der Waals surface area contributed by atoms with Crippen LogP contribution in [-0.2, 0) is 11.2 Å². The van der Waals surface area contributed by atoms with Crippen molar-refractivity contribution < 1.29 is 4.79 Å². The minimum Gasteiger partial charge on any atom is -0.341 e. The molecule has 0 radical (unpaired) electrons. The highest BCUT2D eigenvalue weighted by atomic mass is 16.1. The zero-order valence-corrected chi connectivity index (χ0v) is 16.6. The van der Waals surface area contributed by atoms with Gasteiger partial charge in [-0.05, 0) is 29.8 Å². The number of Topliss-reactive ketones (excluding diaryl/α,β-unsaturated/α-hetero) is 1. The van der Waals surface area contributed by atoms with Crippen molar-refractivity contribution in [3.8, 4) is 11.3 Å². The van der Waals surface area contributed by atoms with Gasteiger partial charge in [0.05, 0.1) is 11.4 Å². The van der Waals surface area contributed by atoms with Crippen LogP contribution in [0, 0.1) is 0 Å². The first kappa shape index (κ1) is 18.8. The van der Waals surface area contributed by atoms with Gasteiger partial charge < -0.3 is 5.32 Å². The first-order valence-corrected chi connectivity index (χ1v) is 10.0. The molecule has 1 aliphatic heterocycles. The minimum atomic E-state index is -0.747. The van der Waals surface area contributed by atoms with Crippen molar-refractivity contribution in [1.29, 1.82) is 0 Å². The van der Waals surface area contributed by atoms with Gasteiger partial charge in [0, 0.05) is 35.5 Å². The maximum absolute atomic E-state index is 13.0. The lowest BCUT2D eigenvalue weighted by Crippen LogP contribution is -2.29. The van der Waals surface area contributed by atoms with Crippen molar-refractivity contribution in [1.82, 2.24) is 15.2 Å². The van der Waals surface area contributed by atoms with Gasteiger partial charge in [0.1, 0.15) is 0 Å². The fourth-order valence-electron chi connectivity index (χ4n) is 3.63. The van der Waals surface area contributed by atoms with Crippen LogP contribution < -0.4 is 5.32 Å². The summed E-state index contributed by atoms with van der Waals surface area (Å²) in [7, 11) is 0. The smallest absolute Gasteiger partial charge is 0.181 e. The highest BCUT2D eigenvalue weighted by molar-refractivity contribution is 6.16. The molecule has 5 rings (SSSR count). The molecule has 0 bridgehead atoms. The Morgan fingerprint density at radius 2 is 1.55 bits per heavy atom. The van der Waals surface area contributed by atoms with E-state index in [1.54, 1.807) is 12.4 Å². The van der Waals surface area contributed by atoms with Crippen LogP contribution in [0.1, 0.15) is 16.7 Å². The van der Waals surface area contributed by atoms with E-state index in [4.69, 9.17) is 4.99 Å². The number of nitrogens with zero attached hydrogens (tertiary/aromatic N) is 4. The fraction of sp³-hybridized carbons (Fsp3) is 0.0800. The molecule has 1 N–H and O–H groups in total. The topological polar surface area (TPSA) is 80.1 Å². The number of hydrogen-bond donors (Lipinski definition) is 1. The van der Waals surface area contributed by atoms with E-state index < -0.39 is 6.17 Å². The average molecular weight is 405 g/mol. The zero-order valence-electron chi connectivity index (χ0n) is 16.6. The summed E-state index contributed by atoms with van der Waals surface area (Å²) in [4.78, 5) is 21.9. The van der Waals surface area contributed by atoms with Crippen LogP contribution in [0.3, 0.4) is 0 Å². The standard InChI is InChI=1S/C25H19N5O/c31-22-16-19-8-4-5-9-20(19)24(18-6-2-1-3-7-18)28-25(22)27-23-11-10-21(29-30-23)17-12-14-26-15-13-17/h1-15,25H,16H2,(H,27,30). The van der Waals surface area contributed by atoms with Crippen LogP contribution in [0.5, 0.6) is 0 Å². The molecule has 6 nitrogen and oxygen atoms in total. The number of aliphatic imine (C=N–C) groups is 1. The lowest BCUT2D eigenvalue weighted by atomic mass is 9.96. The summed E-state index contributed by atoms with van der Waals surface area (Å²) in [5.74, 6) is 0.483. The lowest BCUT2D eigenvalue weighted by Gasteiger charge is -2.14. The molecule has 1 unspecified atom stereocenters. The molecule has 1 atom stereocenters. The summed E-state index contributed by atoms with van der Waals surface area (Å²) in [6, 6.07) is 25.3. The van der Waals surface area contributed by atoms with Crippen molar-refractivity contribution in [3.05, 3.63) is 108 Å². The molecule has 31 heavy (non-hydrogen) atoms. The van der Waals surface area contributed by atoms with Crippen molar-refractivity contribution in [2.24, 2.45) is 4.99 Å². The Kier molecular flexibility index (Phi) is 5.02. The third kappa shape index (κ3) is 3.96. The molecular weight excluding hydrogens is 386 g/mol. The Hall–Kier alpha value is -4.19. The summed E-state index contributed by atoms with van der Waals surface area (Å²) in [6.45, 7) is 0. The second-order valence-electron chi connectivity index (χ2n) is 7.23. The van der Waals surface area contributed by atoms with Crippen LogP contribution in [0.4, 0.5) is 5.82 Å². The number of fused-ring (bicyclic) bond motifs is 1. The third-order valence-corrected chi connectivity index (χ3v) is 5.17. The number of hydrogen-bond acceptors (Lipinski definition) is 6. The number of nitrogens with one attached hydrogen (secondary N) is 1. The number of aromatic nitrogens is 3. The van der Waals surface area contributed by atoms with Gasteiger partial charge >= 0.3 is 0 Å². The monoisotopic (exact) mass is 405 g/mol. The van der Waals surface area contributed by atoms with Gasteiger partial charge in [0.2, 0.25) is 0 Å². The van der Waals surface area contributed by atoms with Gasteiger partial charge in [-0.15, -0.1) is 10.2 Å². The molecule has 0 amide bonds. The second kappa shape index (κ2) is 8.28. The molecule has 3 heterocycles. The maximum atomic E-state index is 13.0. The van der Waals surface area contributed by atoms with Gasteiger partial charge in [-0.25, -0.2) is 0 Å². The molecule has 150 valence electrons. The largest absolute Gasteiger partial charge is 0.341 e. The highest BCUT2D eigenvalue weighted by Gasteiger charge is 2.26. The molecule has 0 aliphatic carbocycles. The predicted octanol–water partition coefficient (Wildman–Crippen LogP) is 3.94. The molecule has 4 aromatic rings. The molecular formula is C25H19N5O. The van der Waals surface area contributed by atoms with Crippen LogP contribution in [0.25, 0.3) is 11.3 Å². The Morgan fingerprint density at radius 1 is 0.774 bits per heavy atom. The Labute approximate surface area is 179 Å². The molecule has 6 heteroatoms. The lowest BCUT2D eigenvalue weighted by molar-refractivity contribution is -0.118. The van der Waals surface area contributed by atoms with E-state index in [-0.39, 0.29) is 5.78 Å². The summed E-state index contributed by atoms with van der Waals surface area (Å²) < 4.78 is 0. The van der Waals surface area contributed by atoms with E-state index in [0.29, 0.717) is 12.2 Å². The number of carbonyl (C=O) groups excluding carboxylic acids is 1. The predicted molar refractivity (Wildman–Crippen MR) is 120 cm³/mol. The van der Waals surface area contributed by atoms with Crippen molar-refractivity contribution >= 4 is 17.3 Å². The molecule has 0 saturated heterocycles. The molecule has 1 aliphatic rings. The Balaban J connectivity index is 1.48. The molecule has 0 fully saturated rings. The first-order chi connectivity index (χ1) is 15.3. The van der Waals surface area contributed by atoms with Gasteiger partial charge in [0.15, 0.2) is 17.8 Å². The Bertz CT molecular complexity index is 1240. The normalized spacial score (nSPS) is 15.5. The zero-order chi connectivity index (χ0) is 21.0. The van der Waals surface area contributed by atoms with Gasteiger partial charge in [-0.2, -0.15) is 0 Å². The quantitative estimate of drug-likeness (QED) is 0.556. The number of benzene rings is 2. The van der Waals surface area contributed by atoms with Crippen molar-refractivity contribution in [3.63, 3.8) is 0 Å². The summed E-state index contributed by atoms with van der Waals surface area (Å²) >= 11 is 0. The average Bonchev–Trinajstić information content (AvgIpc) is 2.97. The number of anilines is 1. The number of rotatable bonds is 4. The van der Waals surface area contributed by atoms with Crippen LogP contribution in [0.15, 0.2) is 96.2 Å². The van der Waals surface area contributed by atoms with Crippen LogP contribution >= 0.6 is 0 Å². The van der Waals surface area contributed by atoms with E-state index in [2.05, 4.69) is 20.5 Å². The van der Waals surface area contributed by atoms with E-state index in [0.717, 1.165) is 33.7 Å². The summed E-state index contributed by atoms with van der Waals surface area (Å²) in [5.41, 5.74) is 5.38. The Morgan fingerprint density at radius 3 is 2.32 bits per heavy atom. The molecule has 0 saturated carbocycles. The second-order valence-corrected chi connectivity index (χ2v) is 7.23. The summed E-state index contributed by atoms with van der Waals surface area (Å²) in [6.07, 6.45) is 2.98. The van der Waals surface area contributed by atoms with Crippen LogP contribution in [0.2, 0.25) is 0 Å². The number of pyridine rings is 1. The first-order valence-electron chi connectivity index (χ1n) is 10.0. The molecule has 2 aromatic carbocycles. The van der Waals surface area contributed by atoms with Gasteiger partial charge in [-0.1, -0.05) is 54.6 Å². The van der Waals surface area contributed by atoms with E-state index in [1.807, 2.05) is 78.9 Å². The van der Waals surface area contributed by atoms with Gasteiger partial charge in [-0.3, -0.25) is 14.8 Å². The maximum Gasteiger partial charge on any atom is 0.181 e. The van der Waals surface area contributed by atoms with E-state index in [9.17, 15) is 4.79 Å². The van der Waals surface area contributed by atoms with Crippen molar-refractivity contribution in [2.45, 2.75) is 12.6 Å². The molecule has 2 aromatic heterocycles. The number of carbonyl (C=O) groups is 1. The summed E-state index contributed by atoms with van der Waals surface area (Å²) in [5, 5.41) is 11.7. The van der Waals surface area contributed by atoms with Crippen LogP contribution in [-0.4, -0.2) is 32.8 Å². The van der Waals surface area contributed by atoms with E-state index in [1.165, 1.54) is 0 Å². The van der Waals surface area contributed by atoms with E-state index >= 15 is 0 Å². The van der Waals surface area contributed by atoms with Crippen molar-refractivity contribution in [2.75, 3.05) is 5.32 Å². The highest BCUT2D eigenvalue weighted by Crippen LogP contribution is 2.23. The molecule has 0 spiro atoms. The fourth-order valence-corrected chi connectivity index (χ4v) is 3.63. The van der Waals surface area contributed by atoms with Gasteiger partial charge in [0.25, 0.3) is 0 Å². The third-order valence-electron chi connectivity index (χ3n) is 5.17. The SMILES string of the molecule is O=C1Cc2ccccc2C(c2ccccc2)=NC1Nc1ccc(-c2ccncc2)nn1.